The molecule has 2 aromatic rings. The van der Waals surface area contributed by atoms with Crippen molar-refractivity contribution in [2.24, 2.45) is 0 Å². The fourth-order valence-corrected chi connectivity index (χ4v) is 2.77. The van der Waals surface area contributed by atoms with E-state index in [2.05, 4.69) is 16.0 Å². The zero-order chi connectivity index (χ0) is 19.3. The van der Waals surface area contributed by atoms with E-state index in [1.54, 1.807) is 24.3 Å². The summed E-state index contributed by atoms with van der Waals surface area (Å²) in [6.45, 7) is 0. The van der Waals surface area contributed by atoms with E-state index < -0.39 is 17.3 Å². The third-order valence-corrected chi connectivity index (χ3v) is 4.74. The number of amides is 3. The van der Waals surface area contributed by atoms with Crippen LogP contribution in [0, 0.1) is 0 Å². The van der Waals surface area contributed by atoms with E-state index in [4.69, 9.17) is 58.0 Å². The predicted octanol–water partition coefficient (Wildman–Crippen LogP) is 5.88. The highest BCUT2D eigenvalue weighted by Gasteiger charge is 2.17. The Balaban J connectivity index is 2.09. The smallest absolute Gasteiger partial charge is 0.325 e. The molecule has 0 saturated heterocycles. The fourth-order valence-electron chi connectivity index (χ4n) is 1.86. The van der Waals surface area contributed by atoms with Crippen molar-refractivity contribution in [1.82, 2.24) is 5.32 Å². The quantitative estimate of drug-likeness (QED) is 0.493. The van der Waals surface area contributed by atoms with Crippen molar-refractivity contribution >= 4 is 87.0 Å². The normalized spacial score (nSPS) is 11.6. The summed E-state index contributed by atoms with van der Waals surface area (Å²) >= 11 is 29.4. The zero-order valence-electron chi connectivity index (χ0n) is 13.0. The second-order valence-electron chi connectivity index (χ2n) is 5.01. The van der Waals surface area contributed by atoms with Crippen LogP contribution in [0.25, 0.3) is 0 Å². The molecule has 0 bridgehead atoms. The van der Waals surface area contributed by atoms with Crippen molar-refractivity contribution in [3.8, 4) is 0 Å². The Morgan fingerprint density at radius 3 is 2.08 bits per heavy atom. The number of carbonyl (C=O) groups is 2. The van der Waals surface area contributed by atoms with Crippen LogP contribution in [0.4, 0.5) is 21.9 Å². The number of nitrogens with one attached hydrogen (secondary N) is 3. The first-order valence-corrected chi connectivity index (χ1v) is 9.24. The monoisotopic (exact) mass is 453 g/mol. The molecule has 0 saturated carbocycles. The van der Waals surface area contributed by atoms with Gasteiger partial charge in [-0.15, -0.1) is 23.2 Å². The number of urea groups is 1. The first kappa shape index (κ1) is 20.9. The summed E-state index contributed by atoms with van der Waals surface area (Å²) in [6, 6.07) is 9.14. The molecule has 1 atom stereocenters. The number of anilines is 3. The van der Waals surface area contributed by atoms with E-state index in [0.29, 0.717) is 16.4 Å². The molecule has 26 heavy (non-hydrogen) atoms. The molecule has 3 N–H and O–H groups in total. The molecule has 0 aliphatic carbocycles. The number of carbonyl (C=O) groups excluding carboxylic acids is 2. The lowest BCUT2D eigenvalue weighted by molar-refractivity contribution is -0.119. The summed E-state index contributed by atoms with van der Waals surface area (Å²) in [5.74, 6) is -0.832. The number of hydrogen-bond donors (Lipinski definition) is 3. The molecule has 0 spiro atoms. The van der Waals surface area contributed by atoms with Crippen molar-refractivity contribution in [1.29, 1.82) is 0 Å². The predicted molar refractivity (Wildman–Crippen MR) is 109 cm³/mol. The second-order valence-corrected chi connectivity index (χ2v) is 7.10. The summed E-state index contributed by atoms with van der Waals surface area (Å²) in [5, 5.41) is 7.69. The van der Waals surface area contributed by atoms with Gasteiger partial charge in [0.15, 0.2) is 0 Å². The van der Waals surface area contributed by atoms with Crippen LogP contribution in [-0.2, 0) is 4.79 Å². The highest BCUT2D eigenvalue weighted by molar-refractivity contribution is 6.40. The van der Waals surface area contributed by atoms with Gasteiger partial charge in [0.25, 0.3) is 0 Å². The zero-order valence-corrected chi connectivity index (χ0v) is 16.7. The third-order valence-electron chi connectivity index (χ3n) is 3.07. The molecule has 2 aromatic carbocycles. The maximum absolute atomic E-state index is 11.8. The SMILES string of the molecule is O=C(NC(=O)C(Cl)CCl)Nc1cc(Cl)c(Nc2ccc(Cl)cc2)c(Cl)c1. The van der Waals surface area contributed by atoms with Gasteiger partial charge in [-0.3, -0.25) is 10.1 Å². The summed E-state index contributed by atoms with van der Waals surface area (Å²) in [6.07, 6.45) is 0. The van der Waals surface area contributed by atoms with Gasteiger partial charge in [0, 0.05) is 22.3 Å². The van der Waals surface area contributed by atoms with Gasteiger partial charge < -0.3 is 10.6 Å². The molecule has 0 heterocycles. The van der Waals surface area contributed by atoms with Gasteiger partial charge in [-0.25, -0.2) is 4.79 Å². The van der Waals surface area contributed by atoms with Crippen LogP contribution >= 0.6 is 58.0 Å². The fraction of sp³-hybridized carbons (Fsp3) is 0.125. The Hall–Kier alpha value is -1.37. The first-order valence-electron chi connectivity index (χ1n) is 7.13. The number of rotatable bonds is 5. The molecule has 3 amide bonds. The van der Waals surface area contributed by atoms with Crippen LogP contribution in [0.15, 0.2) is 36.4 Å². The van der Waals surface area contributed by atoms with Gasteiger partial charge in [-0.1, -0.05) is 34.8 Å². The molecule has 0 aliphatic heterocycles. The lowest BCUT2D eigenvalue weighted by atomic mass is 10.2. The van der Waals surface area contributed by atoms with Crippen LogP contribution in [-0.4, -0.2) is 23.2 Å². The van der Waals surface area contributed by atoms with E-state index in [9.17, 15) is 9.59 Å². The Kier molecular flexibility index (Phi) is 7.68. The minimum absolute atomic E-state index is 0.122. The number of benzene rings is 2. The van der Waals surface area contributed by atoms with Crippen LogP contribution in [0.3, 0.4) is 0 Å². The van der Waals surface area contributed by atoms with Crippen molar-refractivity contribution in [3.63, 3.8) is 0 Å². The second kappa shape index (κ2) is 9.53. The number of halogens is 5. The van der Waals surface area contributed by atoms with Crippen LogP contribution in [0.2, 0.25) is 15.1 Å². The first-order chi connectivity index (χ1) is 12.3. The molecule has 1 unspecified atom stereocenters. The minimum Gasteiger partial charge on any atom is -0.353 e. The highest BCUT2D eigenvalue weighted by Crippen LogP contribution is 2.36. The van der Waals surface area contributed by atoms with Gasteiger partial charge in [0.2, 0.25) is 5.91 Å². The van der Waals surface area contributed by atoms with E-state index >= 15 is 0 Å². The third kappa shape index (κ3) is 5.83. The maximum Gasteiger partial charge on any atom is 0.325 e. The molecule has 0 aromatic heterocycles. The van der Waals surface area contributed by atoms with Crippen LogP contribution in [0.1, 0.15) is 0 Å². The molecule has 138 valence electrons. The lowest BCUT2D eigenvalue weighted by Gasteiger charge is -2.14. The molecule has 2 rings (SSSR count). The van der Waals surface area contributed by atoms with Gasteiger partial charge in [-0.05, 0) is 36.4 Å². The Bertz CT molecular complexity index is 791. The Morgan fingerprint density at radius 2 is 1.54 bits per heavy atom. The Morgan fingerprint density at radius 1 is 0.962 bits per heavy atom. The summed E-state index contributed by atoms with van der Waals surface area (Å²) in [4.78, 5) is 23.3. The highest BCUT2D eigenvalue weighted by atomic mass is 35.5. The van der Waals surface area contributed by atoms with Crippen molar-refractivity contribution in [3.05, 3.63) is 51.5 Å². The average Bonchev–Trinajstić information content (AvgIpc) is 2.58. The summed E-state index contributed by atoms with van der Waals surface area (Å²) in [5.41, 5.74) is 1.49. The molecule has 0 radical (unpaired) electrons. The molecule has 0 fully saturated rings. The van der Waals surface area contributed by atoms with Gasteiger partial charge in [0.1, 0.15) is 5.38 Å². The topological polar surface area (TPSA) is 70.2 Å². The molecule has 10 heteroatoms. The van der Waals surface area contributed by atoms with Gasteiger partial charge in [0.05, 0.1) is 15.7 Å². The number of hydrogen-bond acceptors (Lipinski definition) is 3. The summed E-state index contributed by atoms with van der Waals surface area (Å²) in [7, 11) is 0. The Labute approximate surface area is 174 Å². The minimum atomic E-state index is -1.01. The average molecular weight is 456 g/mol. The largest absolute Gasteiger partial charge is 0.353 e. The van der Waals surface area contributed by atoms with Crippen LogP contribution in [0.5, 0.6) is 0 Å². The molecule has 5 nitrogen and oxygen atoms in total. The van der Waals surface area contributed by atoms with Gasteiger partial charge >= 0.3 is 6.03 Å². The van der Waals surface area contributed by atoms with Crippen LogP contribution < -0.4 is 16.0 Å². The van der Waals surface area contributed by atoms with E-state index in [-0.39, 0.29) is 15.9 Å². The number of imide groups is 1. The standard InChI is InChI=1S/C16H12Cl5N3O2/c17-7-13(21)15(25)24-16(26)23-10-5-11(19)14(12(20)6-10)22-9-3-1-8(18)2-4-9/h1-6,13,22H,7H2,(H2,23,24,25,26). The summed E-state index contributed by atoms with van der Waals surface area (Å²) < 4.78 is 0. The van der Waals surface area contributed by atoms with E-state index in [1.807, 2.05) is 0 Å². The van der Waals surface area contributed by atoms with Crippen molar-refractivity contribution in [2.45, 2.75) is 5.38 Å². The molecule has 0 aliphatic rings. The number of alkyl halides is 2. The maximum atomic E-state index is 11.8. The van der Waals surface area contributed by atoms with Gasteiger partial charge in [-0.2, -0.15) is 0 Å². The lowest BCUT2D eigenvalue weighted by Crippen LogP contribution is -2.39. The molecular formula is C16H12Cl5N3O2. The van der Waals surface area contributed by atoms with Crippen molar-refractivity contribution < 1.29 is 9.59 Å². The molecular weight excluding hydrogens is 443 g/mol. The van der Waals surface area contributed by atoms with E-state index in [1.165, 1.54) is 12.1 Å². The van der Waals surface area contributed by atoms with E-state index in [0.717, 1.165) is 5.69 Å². The van der Waals surface area contributed by atoms with Crippen molar-refractivity contribution in [2.75, 3.05) is 16.5 Å².